The Labute approximate surface area is 121 Å². The fraction of sp³-hybridized carbons (Fsp3) is 0.417. The van der Waals surface area contributed by atoms with Gasteiger partial charge in [0.1, 0.15) is 10.7 Å². The van der Waals surface area contributed by atoms with E-state index in [2.05, 4.69) is 0 Å². The molecule has 0 saturated carbocycles. The highest BCUT2D eigenvalue weighted by atomic mass is 32.2. The van der Waals surface area contributed by atoms with Crippen LogP contribution in [-0.2, 0) is 14.8 Å². The number of carbonyl (C=O) groups is 1. The van der Waals surface area contributed by atoms with Crippen LogP contribution >= 0.6 is 0 Å². The summed E-state index contributed by atoms with van der Waals surface area (Å²) in [7, 11) is -4.26. The molecule has 7 nitrogen and oxygen atoms in total. The zero-order valence-corrected chi connectivity index (χ0v) is 12.5. The minimum Gasteiger partial charge on any atom is -0.298 e. The maximum atomic E-state index is 13.7. The van der Waals surface area contributed by atoms with Gasteiger partial charge in [-0.1, -0.05) is 20.8 Å². The zero-order valence-electron chi connectivity index (χ0n) is 11.7. The molecule has 0 heterocycles. The Hall–Kier alpha value is -1.87. The van der Waals surface area contributed by atoms with Crippen molar-refractivity contribution in [2.75, 3.05) is 6.54 Å². The summed E-state index contributed by atoms with van der Waals surface area (Å²) < 4.78 is 39.4. The number of ketones is 1. The standard InChI is InChI=1S/C12H15FN2O5S/c1-12(2,3)11(16)7-14-21(19,20)10-5-4-8(15(17)18)6-9(10)13/h4-6,14H,7H2,1-3H3. The summed E-state index contributed by atoms with van der Waals surface area (Å²) in [5.74, 6) is -1.62. The molecule has 0 aliphatic heterocycles. The Morgan fingerprint density at radius 3 is 2.38 bits per heavy atom. The molecule has 0 saturated heterocycles. The van der Waals surface area contributed by atoms with Gasteiger partial charge in [0, 0.05) is 11.5 Å². The number of non-ortho nitro benzene ring substituents is 1. The highest BCUT2D eigenvalue weighted by Crippen LogP contribution is 2.20. The van der Waals surface area contributed by atoms with E-state index in [0.29, 0.717) is 6.07 Å². The van der Waals surface area contributed by atoms with Gasteiger partial charge in [-0.2, -0.15) is 0 Å². The number of nitro benzene ring substituents is 1. The highest BCUT2D eigenvalue weighted by molar-refractivity contribution is 7.89. The van der Waals surface area contributed by atoms with E-state index in [9.17, 15) is 27.7 Å². The first-order chi connectivity index (χ1) is 9.45. The van der Waals surface area contributed by atoms with Crippen molar-refractivity contribution >= 4 is 21.5 Å². The number of nitrogens with zero attached hydrogens (tertiary/aromatic N) is 1. The first-order valence-electron chi connectivity index (χ1n) is 5.92. The monoisotopic (exact) mass is 318 g/mol. The highest BCUT2D eigenvalue weighted by Gasteiger charge is 2.26. The van der Waals surface area contributed by atoms with Gasteiger partial charge in [-0.15, -0.1) is 0 Å². The lowest BCUT2D eigenvalue weighted by Crippen LogP contribution is -2.35. The van der Waals surface area contributed by atoms with Crippen molar-refractivity contribution in [3.63, 3.8) is 0 Å². The maximum Gasteiger partial charge on any atom is 0.272 e. The van der Waals surface area contributed by atoms with Crippen LogP contribution in [0, 0.1) is 21.3 Å². The molecule has 0 bridgehead atoms. The van der Waals surface area contributed by atoms with E-state index in [4.69, 9.17) is 0 Å². The second-order valence-electron chi connectivity index (χ2n) is 5.37. The van der Waals surface area contributed by atoms with E-state index >= 15 is 0 Å². The number of nitrogens with one attached hydrogen (secondary N) is 1. The summed E-state index contributed by atoms with van der Waals surface area (Å²) in [6.07, 6.45) is 0. The summed E-state index contributed by atoms with van der Waals surface area (Å²) in [5, 5.41) is 10.5. The van der Waals surface area contributed by atoms with Gasteiger partial charge < -0.3 is 0 Å². The molecule has 1 rings (SSSR count). The van der Waals surface area contributed by atoms with Crippen molar-refractivity contribution in [3.05, 3.63) is 34.1 Å². The van der Waals surface area contributed by atoms with Gasteiger partial charge in [-0.25, -0.2) is 17.5 Å². The molecule has 0 fully saturated rings. The lowest BCUT2D eigenvalue weighted by molar-refractivity contribution is -0.385. The third-order valence-electron chi connectivity index (χ3n) is 2.68. The van der Waals surface area contributed by atoms with E-state index in [1.54, 1.807) is 20.8 Å². The molecule has 9 heteroatoms. The SMILES string of the molecule is CC(C)(C)C(=O)CNS(=O)(=O)c1ccc([N+](=O)[O-])cc1F. The Balaban J connectivity index is 2.99. The predicted molar refractivity (Wildman–Crippen MR) is 72.7 cm³/mol. The molecule has 0 unspecified atom stereocenters. The molecule has 0 atom stereocenters. The molecule has 0 aliphatic rings. The first kappa shape index (κ1) is 17.2. The summed E-state index contributed by atoms with van der Waals surface area (Å²) in [6, 6.07) is 2.18. The lowest BCUT2D eigenvalue weighted by atomic mass is 9.91. The fourth-order valence-electron chi connectivity index (χ4n) is 1.32. The Bertz CT molecular complexity index is 679. The number of halogens is 1. The van der Waals surface area contributed by atoms with Gasteiger partial charge in [0.05, 0.1) is 17.5 Å². The first-order valence-corrected chi connectivity index (χ1v) is 7.40. The number of carbonyl (C=O) groups excluding carboxylic acids is 1. The number of Topliss-reactive ketones (excluding diaryl/α,β-unsaturated/α-hetero) is 1. The quantitative estimate of drug-likeness (QED) is 0.656. The number of hydrogen-bond acceptors (Lipinski definition) is 5. The molecule has 116 valence electrons. The van der Waals surface area contributed by atoms with Crippen LogP contribution in [0.2, 0.25) is 0 Å². The predicted octanol–water partition coefficient (Wildman–Crippen LogP) is 1.63. The van der Waals surface area contributed by atoms with Crippen LogP contribution in [0.3, 0.4) is 0 Å². The van der Waals surface area contributed by atoms with Gasteiger partial charge in [0.15, 0.2) is 5.78 Å². The fourth-order valence-corrected chi connectivity index (χ4v) is 2.36. The topological polar surface area (TPSA) is 106 Å². The van der Waals surface area contributed by atoms with E-state index in [-0.39, 0.29) is 5.78 Å². The van der Waals surface area contributed by atoms with Crippen LogP contribution in [0.1, 0.15) is 20.8 Å². The van der Waals surface area contributed by atoms with Crippen molar-refractivity contribution in [1.29, 1.82) is 0 Å². The smallest absolute Gasteiger partial charge is 0.272 e. The van der Waals surface area contributed by atoms with Crippen LogP contribution in [0.5, 0.6) is 0 Å². The normalized spacial score (nSPS) is 12.2. The number of sulfonamides is 1. The lowest BCUT2D eigenvalue weighted by Gasteiger charge is -2.16. The minimum atomic E-state index is -4.26. The largest absolute Gasteiger partial charge is 0.298 e. The second-order valence-corrected chi connectivity index (χ2v) is 7.10. The summed E-state index contributed by atoms with van der Waals surface area (Å²) in [5.41, 5.74) is -1.30. The van der Waals surface area contributed by atoms with Crippen LogP contribution in [0.4, 0.5) is 10.1 Å². The van der Waals surface area contributed by atoms with E-state index in [1.165, 1.54) is 0 Å². The molecular weight excluding hydrogens is 303 g/mol. The number of benzene rings is 1. The molecular formula is C12H15FN2O5S. The Morgan fingerprint density at radius 2 is 1.95 bits per heavy atom. The summed E-state index contributed by atoms with van der Waals surface area (Å²) in [6.45, 7) is 4.38. The molecule has 0 aliphatic carbocycles. The third-order valence-corrected chi connectivity index (χ3v) is 4.11. The number of nitro groups is 1. The second kappa shape index (κ2) is 5.86. The molecule has 1 aromatic rings. The summed E-state index contributed by atoms with van der Waals surface area (Å²) >= 11 is 0. The molecule has 1 N–H and O–H groups in total. The van der Waals surface area contributed by atoms with Crippen LogP contribution in [0.15, 0.2) is 23.1 Å². The average Bonchev–Trinajstić information content (AvgIpc) is 2.34. The number of hydrogen-bond donors (Lipinski definition) is 1. The molecule has 0 radical (unpaired) electrons. The van der Waals surface area contributed by atoms with Crippen LogP contribution in [0.25, 0.3) is 0 Å². The van der Waals surface area contributed by atoms with E-state index in [0.717, 1.165) is 12.1 Å². The molecule has 1 aromatic carbocycles. The van der Waals surface area contributed by atoms with Gasteiger partial charge >= 0.3 is 0 Å². The van der Waals surface area contributed by atoms with Gasteiger partial charge in [-0.05, 0) is 6.07 Å². The average molecular weight is 318 g/mol. The van der Waals surface area contributed by atoms with Crippen molar-refractivity contribution in [2.45, 2.75) is 25.7 Å². The zero-order chi connectivity index (χ0) is 16.4. The molecule has 21 heavy (non-hydrogen) atoms. The van der Waals surface area contributed by atoms with Gasteiger partial charge in [0.25, 0.3) is 5.69 Å². The van der Waals surface area contributed by atoms with Crippen molar-refractivity contribution < 1.29 is 22.5 Å². The summed E-state index contributed by atoms with van der Waals surface area (Å²) in [4.78, 5) is 20.6. The number of rotatable bonds is 5. The van der Waals surface area contributed by atoms with Crippen molar-refractivity contribution in [1.82, 2.24) is 4.72 Å². The maximum absolute atomic E-state index is 13.7. The Morgan fingerprint density at radius 1 is 1.38 bits per heavy atom. The minimum absolute atomic E-state index is 0.367. The van der Waals surface area contributed by atoms with E-state index in [1.807, 2.05) is 4.72 Å². The van der Waals surface area contributed by atoms with Crippen molar-refractivity contribution in [2.24, 2.45) is 5.41 Å². The van der Waals surface area contributed by atoms with E-state index < -0.39 is 43.3 Å². The Kier molecular flexibility index (Phi) is 4.79. The van der Waals surface area contributed by atoms with Crippen LogP contribution < -0.4 is 4.72 Å². The molecule has 0 spiro atoms. The van der Waals surface area contributed by atoms with Gasteiger partial charge in [0.2, 0.25) is 10.0 Å². The van der Waals surface area contributed by atoms with Crippen LogP contribution in [-0.4, -0.2) is 25.7 Å². The molecule has 0 aromatic heterocycles. The van der Waals surface area contributed by atoms with Gasteiger partial charge in [-0.3, -0.25) is 14.9 Å². The van der Waals surface area contributed by atoms with Crippen molar-refractivity contribution in [3.8, 4) is 0 Å². The molecule has 0 amide bonds. The third kappa shape index (κ3) is 4.30.